The SMILES string of the molecule is COc1ccc(OC)c(CC2=CC=C[NH+]([O-])C2=S(=O)=O)c1. The summed E-state index contributed by atoms with van der Waals surface area (Å²) in [6, 6.07) is 5.25. The van der Waals surface area contributed by atoms with Crippen molar-refractivity contribution in [3.8, 4) is 11.5 Å². The molecular weight excluding hydrogens is 294 g/mol. The summed E-state index contributed by atoms with van der Waals surface area (Å²) >= 11 is 0. The van der Waals surface area contributed by atoms with Gasteiger partial charge < -0.3 is 19.7 Å². The number of allylic oxidation sites excluding steroid dienone is 2. The van der Waals surface area contributed by atoms with Gasteiger partial charge >= 0.3 is 0 Å². The van der Waals surface area contributed by atoms with Crippen molar-refractivity contribution in [1.82, 2.24) is 0 Å². The number of ether oxygens (including phenoxy) is 2. The van der Waals surface area contributed by atoms with Gasteiger partial charge in [0, 0.05) is 17.6 Å². The molecule has 0 amide bonds. The second-order valence-corrected chi connectivity index (χ2v) is 5.21. The highest BCUT2D eigenvalue weighted by Gasteiger charge is 2.20. The van der Waals surface area contributed by atoms with Gasteiger partial charge in [-0.15, -0.1) is 0 Å². The molecule has 0 aromatic heterocycles. The summed E-state index contributed by atoms with van der Waals surface area (Å²) in [4.78, 5) is -0.206. The largest absolute Gasteiger partial charge is 0.623 e. The van der Waals surface area contributed by atoms with Crippen LogP contribution in [-0.4, -0.2) is 27.6 Å². The number of rotatable bonds is 4. The lowest BCUT2D eigenvalue weighted by molar-refractivity contribution is -0.680. The first kappa shape index (κ1) is 15.3. The van der Waals surface area contributed by atoms with Gasteiger partial charge in [-0.3, -0.25) is 0 Å². The average Bonchev–Trinajstić information content (AvgIpc) is 2.46. The number of hydroxylamine groups is 2. The summed E-state index contributed by atoms with van der Waals surface area (Å²) in [6.45, 7) is 0. The quantitative estimate of drug-likeness (QED) is 0.630. The van der Waals surface area contributed by atoms with Crippen molar-refractivity contribution in [3.63, 3.8) is 0 Å². The third-order valence-electron chi connectivity index (χ3n) is 3.10. The van der Waals surface area contributed by atoms with Crippen LogP contribution in [0.25, 0.3) is 0 Å². The third-order valence-corrected chi connectivity index (χ3v) is 3.89. The highest BCUT2D eigenvalue weighted by Crippen LogP contribution is 2.26. The minimum absolute atomic E-state index is 0.206. The first-order chi connectivity index (χ1) is 10.1. The number of quaternary nitrogens is 1. The van der Waals surface area contributed by atoms with Crippen molar-refractivity contribution in [2.24, 2.45) is 0 Å². The van der Waals surface area contributed by atoms with E-state index in [2.05, 4.69) is 0 Å². The molecule has 2 rings (SSSR count). The van der Waals surface area contributed by atoms with Crippen LogP contribution in [0, 0.1) is 5.21 Å². The third kappa shape index (κ3) is 3.33. The van der Waals surface area contributed by atoms with Gasteiger partial charge in [-0.25, -0.2) is 0 Å². The molecule has 1 aliphatic heterocycles. The number of methoxy groups -OCH3 is 2. The Hall–Kier alpha value is -2.09. The summed E-state index contributed by atoms with van der Waals surface area (Å²) in [6.07, 6.45) is 4.66. The van der Waals surface area contributed by atoms with Crippen LogP contribution in [0.5, 0.6) is 11.5 Å². The molecule has 0 bridgehead atoms. The molecule has 0 aliphatic carbocycles. The van der Waals surface area contributed by atoms with E-state index in [1.54, 1.807) is 37.5 Å². The molecule has 0 saturated heterocycles. The lowest BCUT2D eigenvalue weighted by atomic mass is 10.0. The van der Waals surface area contributed by atoms with E-state index >= 15 is 0 Å². The molecule has 0 radical (unpaired) electrons. The Morgan fingerprint density at radius 3 is 2.62 bits per heavy atom. The maximum absolute atomic E-state index is 11.7. The average molecular weight is 309 g/mol. The Morgan fingerprint density at radius 2 is 2.00 bits per heavy atom. The summed E-state index contributed by atoms with van der Waals surface area (Å²) in [5.74, 6) is 1.24. The molecule has 1 unspecified atom stereocenters. The molecule has 1 N–H and O–H groups in total. The molecule has 0 spiro atoms. The molecular formula is C14H15NO5S. The minimum atomic E-state index is -2.58. The second kappa shape index (κ2) is 6.57. The number of hydrogen-bond donors (Lipinski definition) is 1. The maximum atomic E-state index is 11.7. The van der Waals surface area contributed by atoms with Crippen molar-refractivity contribution in [2.75, 3.05) is 14.2 Å². The molecule has 0 saturated carbocycles. The molecule has 1 aliphatic rings. The smallest absolute Gasteiger partial charge is 0.277 e. The van der Waals surface area contributed by atoms with Crippen LogP contribution in [0.15, 0.2) is 42.1 Å². The molecule has 1 heterocycles. The summed E-state index contributed by atoms with van der Waals surface area (Å²) in [5, 5.41) is 11.2. The Morgan fingerprint density at radius 1 is 1.24 bits per heavy atom. The fourth-order valence-corrected chi connectivity index (χ4v) is 2.70. The minimum Gasteiger partial charge on any atom is -0.623 e. The van der Waals surface area contributed by atoms with E-state index in [1.807, 2.05) is 0 Å². The standard InChI is InChI=1S/C14H15NO5S/c1-19-12-5-6-13(20-2)11(9-12)8-10-4-3-7-15(16)14(10)21(17)18/h3-7,9,15H,8H2,1-2H3. The van der Waals surface area contributed by atoms with E-state index in [-0.39, 0.29) is 11.4 Å². The molecule has 1 aromatic rings. The van der Waals surface area contributed by atoms with Crippen molar-refractivity contribution in [3.05, 3.63) is 52.9 Å². The summed E-state index contributed by atoms with van der Waals surface area (Å²) < 4.78 is 32.9. The van der Waals surface area contributed by atoms with Crippen LogP contribution < -0.4 is 14.5 Å². The van der Waals surface area contributed by atoms with E-state index in [0.717, 1.165) is 5.56 Å². The molecule has 1 aromatic carbocycles. The van der Waals surface area contributed by atoms with E-state index in [0.29, 0.717) is 17.1 Å². The van der Waals surface area contributed by atoms with Crippen molar-refractivity contribution in [2.45, 2.75) is 6.42 Å². The van der Waals surface area contributed by atoms with Gasteiger partial charge in [-0.2, -0.15) is 8.42 Å². The second-order valence-electron chi connectivity index (χ2n) is 4.33. The number of hydrogen-bond acceptors (Lipinski definition) is 5. The van der Waals surface area contributed by atoms with Gasteiger partial charge in [0.1, 0.15) is 17.7 Å². The van der Waals surface area contributed by atoms with E-state index in [1.165, 1.54) is 13.3 Å². The number of nitrogens with one attached hydrogen (secondary N) is 1. The maximum Gasteiger partial charge on any atom is 0.277 e. The zero-order valence-electron chi connectivity index (χ0n) is 11.6. The van der Waals surface area contributed by atoms with Gasteiger partial charge in [0.2, 0.25) is 0 Å². The Bertz CT molecular complexity index is 726. The zero-order chi connectivity index (χ0) is 15.4. The summed E-state index contributed by atoms with van der Waals surface area (Å²) in [7, 11) is 0.497. The van der Waals surface area contributed by atoms with E-state index < -0.39 is 15.4 Å². The van der Waals surface area contributed by atoms with Crippen LogP contribution in [0.2, 0.25) is 0 Å². The molecule has 7 heteroatoms. The predicted octanol–water partition coefficient (Wildman–Crippen LogP) is 0.0917. The Balaban J connectivity index is 2.44. The predicted molar refractivity (Wildman–Crippen MR) is 78.7 cm³/mol. The lowest BCUT2D eigenvalue weighted by Crippen LogP contribution is -3.06. The fourth-order valence-electron chi connectivity index (χ4n) is 2.11. The fraction of sp³-hybridized carbons (Fsp3) is 0.214. The lowest BCUT2D eigenvalue weighted by Gasteiger charge is -2.21. The van der Waals surface area contributed by atoms with E-state index in [9.17, 15) is 13.6 Å². The molecule has 0 fully saturated rings. The number of benzene rings is 1. The van der Waals surface area contributed by atoms with Gasteiger partial charge in [0.25, 0.3) is 15.3 Å². The first-order valence-corrected chi connectivity index (χ1v) is 7.23. The topological polar surface area (TPSA) is 80.1 Å². The van der Waals surface area contributed by atoms with Crippen LogP contribution in [0.1, 0.15) is 5.56 Å². The molecule has 1 atom stereocenters. The zero-order valence-corrected chi connectivity index (χ0v) is 12.4. The van der Waals surface area contributed by atoms with Crippen LogP contribution in [0.3, 0.4) is 0 Å². The highest BCUT2D eigenvalue weighted by molar-refractivity contribution is 7.72. The van der Waals surface area contributed by atoms with Gasteiger partial charge in [0.05, 0.1) is 14.2 Å². The van der Waals surface area contributed by atoms with Crippen LogP contribution in [0.4, 0.5) is 0 Å². The van der Waals surface area contributed by atoms with Crippen LogP contribution >= 0.6 is 0 Å². The highest BCUT2D eigenvalue weighted by atomic mass is 32.2. The molecule has 6 nitrogen and oxygen atoms in total. The summed E-state index contributed by atoms with van der Waals surface area (Å²) in [5.41, 5.74) is 1.18. The van der Waals surface area contributed by atoms with E-state index in [4.69, 9.17) is 9.47 Å². The van der Waals surface area contributed by atoms with Crippen molar-refractivity contribution >= 4 is 15.3 Å². The monoisotopic (exact) mass is 309 g/mol. The van der Waals surface area contributed by atoms with Gasteiger partial charge in [0.15, 0.2) is 0 Å². The van der Waals surface area contributed by atoms with Gasteiger partial charge in [-0.1, -0.05) is 0 Å². The van der Waals surface area contributed by atoms with Gasteiger partial charge in [-0.05, 0) is 30.4 Å². The molecule has 21 heavy (non-hydrogen) atoms. The normalized spacial score (nSPS) is 17.4. The van der Waals surface area contributed by atoms with Crippen molar-refractivity contribution < 1.29 is 23.0 Å². The van der Waals surface area contributed by atoms with Crippen LogP contribution in [-0.2, 0) is 16.7 Å². The first-order valence-electron chi connectivity index (χ1n) is 6.16. The molecule has 112 valence electrons. The van der Waals surface area contributed by atoms with Crippen molar-refractivity contribution in [1.29, 1.82) is 0 Å². The Labute approximate surface area is 124 Å². The Kier molecular flexibility index (Phi) is 4.79.